The Bertz CT molecular complexity index is 1100. The number of ether oxygens (including phenoxy) is 2. The summed E-state index contributed by atoms with van der Waals surface area (Å²) in [6, 6.07) is 0. The molecule has 1 aromatic heterocycles. The zero-order chi connectivity index (χ0) is 27.4. The van der Waals surface area contributed by atoms with Crippen molar-refractivity contribution in [3.63, 3.8) is 0 Å². The standard InChI is InChI=1S/C23H36N3O10P/c1-16(27)9-7-5-4-6-8-12-24-20(28)11-10-17-14-26(23(30)25-22(17)29)21-13-18(19(35-21)15-33-2)36-37(31,32)34-3/h10-11,14,18-19,21H,4-9,12-13,15H2,1-3H3,(H,24,28)(H,31,32)(H,25,29,30)/b11-10+/t18?,19-,21-/m1/s1. The number of methoxy groups -OCH3 is 1. The molecular formula is C23H36N3O10P. The fourth-order valence-electron chi connectivity index (χ4n) is 3.81. The number of nitrogens with one attached hydrogen (secondary N) is 2. The highest BCUT2D eigenvalue weighted by atomic mass is 31.2. The number of Topliss-reactive ketones (excluding diaryl/α,β-unsaturated/α-hetero) is 1. The molecule has 0 saturated carbocycles. The molecule has 4 atom stereocenters. The van der Waals surface area contributed by atoms with Crippen LogP contribution in [0.5, 0.6) is 0 Å². The molecule has 1 aliphatic rings. The Morgan fingerprint density at radius 2 is 1.95 bits per heavy atom. The summed E-state index contributed by atoms with van der Waals surface area (Å²) in [5, 5.41) is 2.74. The van der Waals surface area contributed by atoms with E-state index in [4.69, 9.17) is 14.0 Å². The molecule has 1 aliphatic heterocycles. The number of hydrogen-bond donors (Lipinski definition) is 3. The van der Waals surface area contributed by atoms with Crippen LogP contribution in [-0.2, 0) is 32.7 Å². The number of aromatic amines is 1. The maximum atomic E-state index is 12.4. The molecule has 14 heteroatoms. The summed E-state index contributed by atoms with van der Waals surface area (Å²) in [4.78, 5) is 59.6. The Morgan fingerprint density at radius 1 is 1.24 bits per heavy atom. The molecular weight excluding hydrogens is 509 g/mol. The second-order valence-electron chi connectivity index (χ2n) is 8.71. The van der Waals surface area contributed by atoms with E-state index in [1.165, 1.54) is 25.5 Å². The van der Waals surface area contributed by atoms with E-state index in [1.54, 1.807) is 6.92 Å². The monoisotopic (exact) mass is 545 g/mol. The van der Waals surface area contributed by atoms with Gasteiger partial charge in [-0.2, -0.15) is 0 Å². The molecule has 0 radical (unpaired) electrons. The minimum atomic E-state index is -4.32. The molecule has 1 aromatic rings. The molecule has 0 aliphatic carbocycles. The van der Waals surface area contributed by atoms with Crippen LogP contribution in [0, 0.1) is 0 Å². The average molecular weight is 546 g/mol. The predicted octanol–water partition coefficient (Wildman–Crippen LogP) is 1.66. The highest BCUT2D eigenvalue weighted by Crippen LogP contribution is 2.47. The lowest BCUT2D eigenvalue weighted by Gasteiger charge is -2.19. The number of unbranched alkanes of at least 4 members (excludes halogenated alkanes) is 4. The van der Waals surface area contributed by atoms with Gasteiger partial charge in [0.1, 0.15) is 24.2 Å². The van der Waals surface area contributed by atoms with Gasteiger partial charge < -0.3 is 24.5 Å². The van der Waals surface area contributed by atoms with Crippen LogP contribution < -0.4 is 16.6 Å². The van der Waals surface area contributed by atoms with Gasteiger partial charge >= 0.3 is 13.5 Å². The number of H-pyrrole nitrogens is 1. The van der Waals surface area contributed by atoms with Crippen LogP contribution in [0.15, 0.2) is 21.9 Å². The molecule has 2 unspecified atom stereocenters. The SMILES string of the molecule is COC[C@H]1O[C@@H](n2cc(/C=C/C(=O)NCCCCCCCC(C)=O)c(=O)[nH]c2=O)CC1OP(=O)(O)OC. The molecule has 1 amide bonds. The van der Waals surface area contributed by atoms with Crippen LogP contribution in [-0.4, -0.2) is 65.7 Å². The summed E-state index contributed by atoms with van der Waals surface area (Å²) in [5.41, 5.74) is -1.40. The smallest absolute Gasteiger partial charge is 0.382 e. The highest BCUT2D eigenvalue weighted by molar-refractivity contribution is 7.47. The number of carbonyl (C=O) groups excluding carboxylic acids is 2. The minimum Gasteiger partial charge on any atom is -0.382 e. The van der Waals surface area contributed by atoms with Crippen molar-refractivity contribution in [1.29, 1.82) is 0 Å². The second-order valence-corrected chi connectivity index (χ2v) is 10.2. The molecule has 13 nitrogen and oxygen atoms in total. The van der Waals surface area contributed by atoms with Gasteiger partial charge in [-0.1, -0.05) is 19.3 Å². The predicted molar refractivity (Wildman–Crippen MR) is 134 cm³/mol. The van der Waals surface area contributed by atoms with E-state index < -0.39 is 43.4 Å². The lowest BCUT2D eigenvalue weighted by molar-refractivity contribution is -0.117. The molecule has 1 saturated heterocycles. The molecule has 0 bridgehead atoms. The molecule has 2 rings (SSSR count). The van der Waals surface area contributed by atoms with E-state index in [1.807, 2.05) is 0 Å². The maximum absolute atomic E-state index is 12.4. The number of carbonyl (C=O) groups is 2. The molecule has 0 aromatic carbocycles. The van der Waals surface area contributed by atoms with E-state index in [2.05, 4.69) is 14.8 Å². The molecule has 37 heavy (non-hydrogen) atoms. The van der Waals surface area contributed by atoms with Crippen LogP contribution in [0.1, 0.15) is 63.7 Å². The summed E-state index contributed by atoms with van der Waals surface area (Å²) in [6.45, 7) is 2.08. The van der Waals surface area contributed by atoms with Gasteiger partial charge in [-0.3, -0.25) is 28.2 Å². The van der Waals surface area contributed by atoms with Gasteiger partial charge in [-0.05, 0) is 25.8 Å². The van der Waals surface area contributed by atoms with Gasteiger partial charge in [0.2, 0.25) is 5.91 Å². The van der Waals surface area contributed by atoms with E-state index in [0.29, 0.717) is 13.0 Å². The van der Waals surface area contributed by atoms with Gasteiger partial charge in [-0.25, -0.2) is 9.36 Å². The maximum Gasteiger partial charge on any atom is 0.472 e. The quantitative estimate of drug-likeness (QED) is 0.157. The van der Waals surface area contributed by atoms with Gasteiger partial charge in [0, 0.05) is 45.9 Å². The number of nitrogens with zero attached hydrogens (tertiary/aromatic N) is 1. The third kappa shape index (κ3) is 10.5. The summed E-state index contributed by atoms with van der Waals surface area (Å²) >= 11 is 0. The lowest BCUT2D eigenvalue weighted by atomic mass is 10.1. The number of phosphoric acid groups is 1. The van der Waals surface area contributed by atoms with Crippen LogP contribution in [0.2, 0.25) is 0 Å². The van der Waals surface area contributed by atoms with Crippen molar-refractivity contribution in [2.75, 3.05) is 27.4 Å². The van der Waals surface area contributed by atoms with Gasteiger partial charge in [0.15, 0.2) is 0 Å². The summed E-state index contributed by atoms with van der Waals surface area (Å²) in [7, 11) is -1.88. The number of rotatable bonds is 16. The Hall–Kier alpha value is -2.41. The third-order valence-corrected chi connectivity index (χ3v) is 6.73. The number of hydrogen-bond acceptors (Lipinski definition) is 9. The summed E-state index contributed by atoms with van der Waals surface area (Å²) < 4.78 is 33.4. The first-order valence-electron chi connectivity index (χ1n) is 12.1. The van der Waals surface area contributed by atoms with Crippen molar-refractivity contribution < 1.29 is 37.6 Å². The average Bonchev–Trinajstić information content (AvgIpc) is 3.21. The number of phosphoric ester groups is 1. The summed E-state index contributed by atoms with van der Waals surface area (Å²) in [5.74, 6) is -0.199. The third-order valence-electron chi connectivity index (χ3n) is 5.74. The first kappa shape index (κ1) is 30.8. The first-order chi connectivity index (χ1) is 17.6. The number of ketones is 1. The van der Waals surface area contributed by atoms with Crippen molar-refractivity contribution in [3.8, 4) is 0 Å². The van der Waals surface area contributed by atoms with Crippen molar-refractivity contribution in [3.05, 3.63) is 38.7 Å². The summed E-state index contributed by atoms with van der Waals surface area (Å²) in [6.07, 6.45) is 6.27. The van der Waals surface area contributed by atoms with Crippen LogP contribution in [0.3, 0.4) is 0 Å². The molecule has 0 spiro atoms. The van der Waals surface area contributed by atoms with E-state index in [0.717, 1.165) is 43.8 Å². The van der Waals surface area contributed by atoms with Crippen molar-refractivity contribution in [2.24, 2.45) is 0 Å². The van der Waals surface area contributed by atoms with Crippen LogP contribution >= 0.6 is 7.82 Å². The zero-order valence-electron chi connectivity index (χ0n) is 21.3. The topological polar surface area (TPSA) is 175 Å². The molecule has 1 fully saturated rings. The van der Waals surface area contributed by atoms with Crippen LogP contribution in [0.4, 0.5) is 0 Å². The van der Waals surface area contributed by atoms with Gasteiger partial charge in [0.25, 0.3) is 5.56 Å². The van der Waals surface area contributed by atoms with E-state index in [9.17, 15) is 28.6 Å². The van der Waals surface area contributed by atoms with Crippen molar-refractivity contribution in [1.82, 2.24) is 14.9 Å². The fourth-order valence-corrected chi connectivity index (χ4v) is 4.46. The normalized spacial score (nSPS) is 21.2. The molecule has 3 N–H and O–H groups in total. The Kier molecular flexibility index (Phi) is 12.6. The lowest BCUT2D eigenvalue weighted by Crippen LogP contribution is -2.33. The van der Waals surface area contributed by atoms with Crippen LogP contribution in [0.25, 0.3) is 6.08 Å². The Morgan fingerprint density at radius 3 is 2.62 bits per heavy atom. The highest BCUT2D eigenvalue weighted by Gasteiger charge is 2.41. The first-order valence-corrected chi connectivity index (χ1v) is 13.6. The van der Waals surface area contributed by atoms with Crippen molar-refractivity contribution >= 4 is 25.6 Å². The fraction of sp³-hybridized carbons (Fsp3) is 0.652. The van der Waals surface area contributed by atoms with E-state index >= 15 is 0 Å². The number of amides is 1. The Balaban J connectivity index is 1.97. The van der Waals surface area contributed by atoms with E-state index in [-0.39, 0.29) is 24.4 Å². The minimum absolute atomic E-state index is 0.00623. The number of aromatic nitrogens is 2. The molecule has 208 valence electrons. The zero-order valence-corrected chi connectivity index (χ0v) is 22.2. The largest absolute Gasteiger partial charge is 0.472 e. The van der Waals surface area contributed by atoms with Gasteiger partial charge in [-0.15, -0.1) is 0 Å². The van der Waals surface area contributed by atoms with Gasteiger partial charge in [0.05, 0.1) is 12.2 Å². The second kappa shape index (κ2) is 15.1. The Labute approximate surface area is 214 Å². The molecule has 2 heterocycles. The van der Waals surface area contributed by atoms with Crippen molar-refractivity contribution in [2.45, 2.75) is 70.3 Å².